The van der Waals surface area contributed by atoms with Gasteiger partial charge >= 0.3 is 5.97 Å². The SMILES string of the molecule is CC(C)[C@@](C)(C#N)NC(=O)COC(=O)COCc1nc2ccccc2s1. The van der Waals surface area contributed by atoms with Crippen LogP contribution >= 0.6 is 11.3 Å². The Morgan fingerprint density at radius 1 is 1.35 bits per heavy atom. The molecule has 7 nitrogen and oxygen atoms in total. The van der Waals surface area contributed by atoms with E-state index in [1.165, 1.54) is 11.3 Å². The normalized spacial score (nSPS) is 13.2. The molecule has 0 aliphatic heterocycles. The Morgan fingerprint density at radius 3 is 2.73 bits per heavy atom. The molecule has 0 saturated carbocycles. The lowest BCUT2D eigenvalue weighted by Gasteiger charge is -2.27. The lowest BCUT2D eigenvalue weighted by Crippen LogP contribution is -2.50. The van der Waals surface area contributed by atoms with Crippen LogP contribution in [0, 0.1) is 17.2 Å². The maximum absolute atomic E-state index is 11.8. The molecule has 138 valence electrons. The highest BCUT2D eigenvalue weighted by Crippen LogP contribution is 2.21. The number of hydrogen-bond donors (Lipinski definition) is 1. The number of benzene rings is 1. The molecule has 1 aromatic carbocycles. The number of carbonyl (C=O) groups is 2. The van der Waals surface area contributed by atoms with Gasteiger partial charge in [0.05, 0.1) is 22.9 Å². The maximum Gasteiger partial charge on any atom is 0.332 e. The van der Waals surface area contributed by atoms with Crippen molar-refractivity contribution in [3.8, 4) is 6.07 Å². The zero-order valence-electron chi connectivity index (χ0n) is 14.9. The fraction of sp³-hybridized carbons (Fsp3) is 0.444. The molecule has 0 radical (unpaired) electrons. The van der Waals surface area contributed by atoms with E-state index >= 15 is 0 Å². The van der Waals surface area contributed by atoms with Gasteiger partial charge in [0, 0.05) is 0 Å². The van der Waals surface area contributed by atoms with Gasteiger partial charge in [-0.2, -0.15) is 5.26 Å². The number of amides is 1. The summed E-state index contributed by atoms with van der Waals surface area (Å²) in [7, 11) is 0. The minimum atomic E-state index is -1.01. The number of rotatable bonds is 8. The van der Waals surface area contributed by atoms with Gasteiger partial charge in [-0.15, -0.1) is 11.3 Å². The highest BCUT2D eigenvalue weighted by Gasteiger charge is 2.30. The maximum atomic E-state index is 11.8. The Hall–Kier alpha value is -2.50. The van der Waals surface area contributed by atoms with Crippen LogP contribution in [0.4, 0.5) is 0 Å². The first kappa shape index (κ1) is 19.8. The van der Waals surface area contributed by atoms with E-state index in [9.17, 15) is 9.59 Å². The standard InChI is InChI=1S/C18H21N3O4S/c1-12(2)18(3,11-19)21-15(22)8-25-17(23)10-24-9-16-20-13-6-4-5-7-14(13)26-16/h4-7,12H,8-10H2,1-3H3,(H,21,22)/t18-/m1/s1. The van der Waals surface area contributed by atoms with Gasteiger partial charge in [0.1, 0.15) is 17.2 Å². The number of fused-ring (bicyclic) bond motifs is 1. The zero-order valence-corrected chi connectivity index (χ0v) is 15.8. The molecule has 0 aliphatic carbocycles. The quantitative estimate of drug-likeness (QED) is 0.711. The monoisotopic (exact) mass is 375 g/mol. The van der Waals surface area contributed by atoms with Crippen LogP contribution < -0.4 is 5.32 Å². The number of nitrogens with one attached hydrogen (secondary N) is 1. The average Bonchev–Trinajstić information content (AvgIpc) is 3.02. The van der Waals surface area contributed by atoms with E-state index in [1.807, 2.05) is 38.1 Å². The minimum Gasteiger partial charge on any atom is -0.454 e. The fourth-order valence-corrected chi connectivity index (χ4v) is 2.92. The summed E-state index contributed by atoms with van der Waals surface area (Å²) in [5.41, 5.74) is -0.117. The smallest absolute Gasteiger partial charge is 0.332 e. The van der Waals surface area contributed by atoms with Crippen molar-refractivity contribution >= 4 is 33.4 Å². The van der Waals surface area contributed by atoms with Crippen LogP contribution in [-0.2, 0) is 25.7 Å². The van der Waals surface area contributed by atoms with Crippen LogP contribution in [0.2, 0.25) is 0 Å². The molecule has 0 aliphatic rings. The van der Waals surface area contributed by atoms with Crippen molar-refractivity contribution < 1.29 is 19.1 Å². The molecule has 1 amide bonds. The van der Waals surface area contributed by atoms with Crippen molar-refractivity contribution in [2.75, 3.05) is 13.2 Å². The molecule has 2 aromatic rings. The Morgan fingerprint density at radius 2 is 2.08 bits per heavy atom. The summed E-state index contributed by atoms with van der Waals surface area (Å²) in [5, 5.41) is 12.5. The summed E-state index contributed by atoms with van der Waals surface area (Å²) in [6, 6.07) is 9.78. The van der Waals surface area contributed by atoms with Crippen molar-refractivity contribution in [3.05, 3.63) is 29.3 Å². The number of nitrogens with zero attached hydrogens (tertiary/aromatic N) is 2. The molecule has 1 N–H and O–H groups in total. The highest BCUT2D eigenvalue weighted by atomic mass is 32.1. The second-order valence-corrected chi connectivity index (χ2v) is 7.36. The molecule has 2 rings (SSSR count). The van der Waals surface area contributed by atoms with Crippen LogP contribution in [0.3, 0.4) is 0 Å². The first-order chi connectivity index (χ1) is 12.3. The highest BCUT2D eigenvalue weighted by molar-refractivity contribution is 7.18. The third-order valence-corrected chi connectivity index (χ3v) is 4.94. The van der Waals surface area contributed by atoms with Crippen LogP contribution in [0.5, 0.6) is 0 Å². The molecule has 0 bridgehead atoms. The van der Waals surface area contributed by atoms with Crippen LogP contribution in [-0.4, -0.2) is 35.6 Å². The summed E-state index contributed by atoms with van der Waals surface area (Å²) in [6.45, 7) is 4.74. The summed E-state index contributed by atoms with van der Waals surface area (Å²) in [5.74, 6) is -1.25. The number of ether oxygens (including phenoxy) is 2. The third-order valence-electron chi connectivity index (χ3n) is 3.93. The summed E-state index contributed by atoms with van der Waals surface area (Å²) < 4.78 is 11.2. The van der Waals surface area contributed by atoms with E-state index in [-0.39, 0.29) is 19.1 Å². The van der Waals surface area contributed by atoms with Gasteiger partial charge in [-0.3, -0.25) is 4.79 Å². The molecular formula is C18H21N3O4S. The Balaban J connectivity index is 1.72. The topological polar surface area (TPSA) is 101 Å². The number of carbonyl (C=O) groups excluding carboxylic acids is 2. The fourth-order valence-electron chi connectivity index (χ4n) is 2.02. The number of esters is 1. The van der Waals surface area contributed by atoms with Crippen LogP contribution in [0.1, 0.15) is 25.8 Å². The minimum absolute atomic E-state index is 0.0794. The Labute approximate surface area is 155 Å². The van der Waals surface area contributed by atoms with E-state index < -0.39 is 24.0 Å². The van der Waals surface area contributed by atoms with Gasteiger partial charge in [0.15, 0.2) is 6.61 Å². The molecule has 26 heavy (non-hydrogen) atoms. The van der Waals surface area contributed by atoms with Gasteiger partial charge in [-0.25, -0.2) is 9.78 Å². The molecule has 1 atom stereocenters. The van der Waals surface area contributed by atoms with E-state index in [0.717, 1.165) is 15.2 Å². The molecule has 0 saturated heterocycles. The molecule has 0 spiro atoms. The van der Waals surface area contributed by atoms with E-state index in [0.29, 0.717) is 0 Å². The van der Waals surface area contributed by atoms with Crippen LogP contribution in [0.25, 0.3) is 10.2 Å². The second-order valence-electron chi connectivity index (χ2n) is 6.25. The first-order valence-corrected chi connectivity index (χ1v) is 8.96. The lowest BCUT2D eigenvalue weighted by atomic mass is 9.90. The molecule has 8 heteroatoms. The van der Waals surface area contributed by atoms with Gasteiger partial charge in [0.2, 0.25) is 0 Å². The molecule has 1 heterocycles. The van der Waals surface area contributed by atoms with E-state index in [2.05, 4.69) is 16.4 Å². The average molecular weight is 375 g/mol. The Bertz CT molecular complexity index is 794. The number of para-hydroxylation sites is 1. The van der Waals surface area contributed by atoms with E-state index in [1.54, 1.807) is 6.92 Å². The van der Waals surface area contributed by atoms with Gasteiger partial charge in [0.25, 0.3) is 5.91 Å². The van der Waals surface area contributed by atoms with Crippen molar-refractivity contribution in [1.82, 2.24) is 10.3 Å². The predicted octanol–water partition coefficient (Wildman–Crippen LogP) is 2.41. The number of aromatic nitrogens is 1. The largest absolute Gasteiger partial charge is 0.454 e. The molecule has 1 aromatic heterocycles. The first-order valence-electron chi connectivity index (χ1n) is 8.14. The molecular weight excluding hydrogens is 354 g/mol. The van der Waals surface area contributed by atoms with Crippen molar-refractivity contribution in [3.63, 3.8) is 0 Å². The second kappa shape index (κ2) is 8.74. The summed E-state index contributed by atoms with van der Waals surface area (Å²) in [4.78, 5) is 27.9. The zero-order chi connectivity index (χ0) is 19.2. The van der Waals surface area contributed by atoms with Gasteiger partial charge in [-0.05, 0) is 25.0 Å². The van der Waals surface area contributed by atoms with E-state index in [4.69, 9.17) is 14.7 Å². The van der Waals surface area contributed by atoms with Crippen molar-refractivity contribution in [1.29, 1.82) is 5.26 Å². The summed E-state index contributed by atoms with van der Waals surface area (Å²) in [6.07, 6.45) is 0. The van der Waals surface area contributed by atoms with Crippen LogP contribution in [0.15, 0.2) is 24.3 Å². The number of thiazole rings is 1. The predicted molar refractivity (Wildman–Crippen MR) is 97.2 cm³/mol. The molecule has 0 unspecified atom stereocenters. The third kappa shape index (κ3) is 5.25. The number of nitriles is 1. The number of hydrogen-bond acceptors (Lipinski definition) is 7. The van der Waals surface area contributed by atoms with Gasteiger partial charge in [-0.1, -0.05) is 26.0 Å². The lowest BCUT2D eigenvalue weighted by molar-refractivity contribution is -0.153. The summed E-state index contributed by atoms with van der Waals surface area (Å²) >= 11 is 1.50. The van der Waals surface area contributed by atoms with Gasteiger partial charge < -0.3 is 14.8 Å². The Kier molecular flexibility index (Phi) is 6.66. The van der Waals surface area contributed by atoms with Crippen molar-refractivity contribution in [2.24, 2.45) is 5.92 Å². The molecule has 0 fully saturated rings. The van der Waals surface area contributed by atoms with Crippen molar-refractivity contribution in [2.45, 2.75) is 32.9 Å².